The van der Waals surface area contributed by atoms with Crippen molar-refractivity contribution in [3.63, 3.8) is 0 Å². The zero-order chi connectivity index (χ0) is 9.26. The fourth-order valence-corrected chi connectivity index (χ4v) is 2.81. The first kappa shape index (κ1) is 9.22. The fourth-order valence-electron chi connectivity index (χ4n) is 2.15. The van der Waals surface area contributed by atoms with Crippen molar-refractivity contribution in [3.05, 3.63) is 22.4 Å². The number of nitrogens with zero attached hydrogens (tertiary/aromatic N) is 1. The largest absolute Gasteiger partial charge is 0.294 e. The average Bonchev–Trinajstić information content (AvgIpc) is 2.70. The zero-order valence-electron chi connectivity index (χ0n) is 8.36. The van der Waals surface area contributed by atoms with Crippen LogP contribution < -0.4 is 0 Å². The summed E-state index contributed by atoms with van der Waals surface area (Å²) in [5.41, 5.74) is 1.48. The number of hydrogen-bond acceptors (Lipinski definition) is 2. The molecule has 13 heavy (non-hydrogen) atoms. The first-order valence-corrected chi connectivity index (χ1v) is 5.98. The Morgan fingerprint density at radius 3 is 2.62 bits per heavy atom. The fraction of sp³-hybridized carbons (Fsp3) is 0.636. The number of rotatable bonds is 2. The molecule has 1 saturated heterocycles. The summed E-state index contributed by atoms with van der Waals surface area (Å²) in [7, 11) is 0. The SMILES string of the molecule is CC1CCC(C)N1Cc1ccsc1. The molecule has 0 spiro atoms. The predicted octanol–water partition coefficient (Wildman–Crippen LogP) is 3.12. The molecule has 1 aromatic heterocycles. The topological polar surface area (TPSA) is 3.24 Å². The Labute approximate surface area is 84.4 Å². The van der Waals surface area contributed by atoms with Gasteiger partial charge in [0.1, 0.15) is 0 Å². The van der Waals surface area contributed by atoms with Gasteiger partial charge in [-0.3, -0.25) is 4.90 Å². The van der Waals surface area contributed by atoms with Crippen molar-refractivity contribution in [1.29, 1.82) is 0 Å². The number of likely N-dealkylation sites (tertiary alicyclic amines) is 1. The molecule has 0 saturated carbocycles. The van der Waals surface area contributed by atoms with Crippen LogP contribution in [0.4, 0.5) is 0 Å². The maximum absolute atomic E-state index is 2.61. The highest BCUT2D eigenvalue weighted by Gasteiger charge is 2.26. The molecule has 2 heterocycles. The van der Waals surface area contributed by atoms with Gasteiger partial charge in [0.25, 0.3) is 0 Å². The smallest absolute Gasteiger partial charge is 0.0247 e. The molecule has 1 aliphatic rings. The van der Waals surface area contributed by atoms with Crippen LogP contribution in [0.25, 0.3) is 0 Å². The monoisotopic (exact) mass is 195 g/mol. The van der Waals surface area contributed by atoms with Crippen molar-refractivity contribution in [2.24, 2.45) is 0 Å². The third kappa shape index (κ3) is 1.94. The zero-order valence-corrected chi connectivity index (χ0v) is 9.18. The number of hydrogen-bond donors (Lipinski definition) is 0. The van der Waals surface area contributed by atoms with Crippen molar-refractivity contribution >= 4 is 11.3 Å². The molecule has 2 atom stereocenters. The van der Waals surface area contributed by atoms with E-state index in [1.54, 1.807) is 11.3 Å². The highest BCUT2D eigenvalue weighted by Crippen LogP contribution is 2.25. The lowest BCUT2D eigenvalue weighted by molar-refractivity contribution is 0.205. The lowest BCUT2D eigenvalue weighted by Crippen LogP contribution is -2.31. The lowest BCUT2D eigenvalue weighted by atomic mass is 10.2. The van der Waals surface area contributed by atoms with Gasteiger partial charge >= 0.3 is 0 Å². The van der Waals surface area contributed by atoms with E-state index in [9.17, 15) is 0 Å². The van der Waals surface area contributed by atoms with Crippen LogP contribution in [0.1, 0.15) is 32.3 Å². The molecule has 0 bridgehead atoms. The second-order valence-electron chi connectivity index (χ2n) is 4.08. The van der Waals surface area contributed by atoms with Gasteiger partial charge in [-0.1, -0.05) is 0 Å². The van der Waals surface area contributed by atoms with Crippen molar-refractivity contribution < 1.29 is 0 Å². The quantitative estimate of drug-likeness (QED) is 0.701. The third-order valence-electron chi connectivity index (χ3n) is 3.08. The Morgan fingerprint density at radius 1 is 1.38 bits per heavy atom. The van der Waals surface area contributed by atoms with Crippen molar-refractivity contribution in [1.82, 2.24) is 4.90 Å². The van der Waals surface area contributed by atoms with E-state index in [0.717, 1.165) is 18.6 Å². The van der Waals surface area contributed by atoms with E-state index in [2.05, 4.69) is 35.6 Å². The van der Waals surface area contributed by atoms with Gasteiger partial charge < -0.3 is 0 Å². The van der Waals surface area contributed by atoms with Crippen LogP contribution >= 0.6 is 11.3 Å². The summed E-state index contributed by atoms with van der Waals surface area (Å²) >= 11 is 1.80. The van der Waals surface area contributed by atoms with Crippen LogP contribution in [0.15, 0.2) is 16.8 Å². The van der Waals surface area contributed by atoms with Gasteiger partial charge in [-0.15, -0.1) is 0 Å². The minimum Gasteiger partial charge on any atom is -0.294 e. The summed E-state index contributed by atoms with van der Waals surface area (Å²) in [5.74, 6) is 0. The van der Waals surface area contributed by atoms with Crippen LogP contribution in [0, 0.1) is 0 Å². The van der Waals surface area contributed by atoms with E-state index in [1.165, 1.54) is 18.4 Å². The highest BCUT2D eigenvalue weighted by atomic mass is 32.1. The van der Waals surface area contributed by atoms with Crippen molar-refractivity contribution in [2.45, 2.75) is 45.3 Å². The van der Waals surface area contributed by atoms with E-state index in [0.29, 0.717) is 0 Å². The minimum absolute atomic E-state index is 0.773. The van der Waals surface area contributed by atoms with E-state index < -0.39 is 0 Å². The van der Waals surface area contributed by atoms with Crippen LogP contribution in [0.2, 0.25) is 0 Å². The van der Waals surface area contributed by atoms with Crippen LogP contribution in [0.5, 0.6) is 0 Å². The van der Waals surface area contributed by atoms with Gasteiger partial charge in [0.05, 0.1) is 0 Å². The molecule has 0 aromatic carbocycles. The van der Waals surface area contributed by atoms with E-state index in [-0.39, 0.29) is 0 Å². The summed E-state index contributed by atoms with van der Waals surface area (Å²) in [6.45, 7) is 5.83. The summed E-state index contributed by atoms with van der Waals surface area (Å²) in [4.78, 5) is 2.61. The molecular formula is C11H17NS. The molecule has 72 valence electrons. The number of thiophene rings is 1. The van der Waals surface area contributed by atoms with Gasteiger partial charge in [0, 0.05) is 18.6 Å². The molecule has 1 aromatic rings. The Bertz CT molecular complexity index is 245. The lowest BCUT2D eigenvalue weighted by Gasteiger charge is -2.25. The maximum atomic E-state index is 2.61. The molecule has 1 fully saturated rings. The molecular weight excluding hydrogens is 178 g/mol. The molecule has 1 aliphatic heterocycles. The first-order chi connectivity index (χ1) is 6.27. The summed E-state index contributed by atoms with van der Waals surface area (Å²) in [6.07, 6.45) is 2.73. The summed E-state index contributed by atoms with van der Waals surface area (Å²) in [5, 5.41) is 4.43. The average molecular weight is 195 g/mol. The standard InChI is InChI=1S/C11H17NS/c1-9-3-4-10(2)12(9)7-11-5-6-13-8-11/h5-6,8-10H,3-4,7H2,1-2H3. The van der Waals surface area contributed by atoms with E-state index in [4.69, 9.17) is 0 Å². The second kappa shape index (κ2) is 3.81. The van der Waals surface area contributed by atoms with E-state index >= 15 is 0 Å². The molecule has 0 amide bonds. The van der Waals surface area contributed by atoms with Gasteiger partial charge in [0.15, 0.2) is 0 Å². The normalized spacial score (nSPS) is 29.7. The summed E-state index contributed by atoms with van der Waals surface area (Å²) in [6, 6.07) is 3.78. The first-order valence-electron chi connectivity index (χ1n) is 5.04. The molecule has 2 rings (SSSR count). The molecule has 0 radical (unpaired) electrons. The molecule has 0 aliphatic carbocycles. The molecule has 2 unspecified atom stereocenters. The van der Waals surface area contributed by atoms with Crippen LogP contribution in [0.3, 0.4) is 0 Å². The maximum Gasteiger partial charge on any atom is 0.0247 e. The van der Waals surface area contributed by atoms with Gasteiger partial charge in [-0.05, 0) is 49.1 Å². The van der Waals surface area contributed by atoms with Gasteiger partial charge in [0.2, 0.25) is 0 Å². The molecule has 1 nitrogen and oxygen atoms in total. The van der Waals surface area contributed by atoms with Crippen molar-refractivity contribution in [3.8, 4) is 0 Å². The highest BCUT2D eigenvalue weighted by molar-refractivity contribution is 7.07. The Kier molecular flexibility index (Phi) is 2.70. The minimum atomic E-state index is 0.773. The third-order valence-corrected chi connectivity index (χ3v) is 3.81. The van der Waals surface area contributed by atoms with Crippen LogP contribution in [-0.2, 0) is 6.54 Å². The Hall–Kier alpha value is -0.340. The van der Waals surface area contributed by atoms with Crippen LogP contribution in [-0.4, -0.2) is 17.0 Å². The molecule has 2 heteroatoms. The predicted molar refractivity (Wildman–Crippen MR) is 58.0 cm³/mol. The van der Waals surface area contributed by atoms with Crippen molar-refractivity contribution in [2.75, 3.05) is 0 Å². The Morgan fingerprint density at radius 2 is 2.08 bits per heavy atom. The van der Waals surface area contributed by atoms with E-state index in [1.807, 2.05) is 0 Å². The van der Waals surface area contributed by atoms with Gasteiger partial charge in [-0.25, -0.2) is 0 Å². The second-order valence-corrected chi connectivity index (χ2v) is 4.86. The Balaban J connectivity index is 2.01. The summed E-state index contributed by atoms with van der Waals surface area (Å²) < 4.78 is 0. The molecule has 0 N–H and O–H groups in total. The van der Waals surface area contributed by atoms with Gasteiger partial charge in [-0.2, -0.15) is 11.3 Å².